The molecule has 0 unspecified atom stereocenters. The molecule has 0 saturated heterocycles. The summed E-state index contributed by atoms with van der Waals surface area (Å²) in [5.74, 6) is -0.994. The fourth-order valence-electron chi connectivity index (χ4n) is 3.40. The van der Waals surface area contributed by atoms with Gasteiger partial charge in [0.05, 0.1) is 12.0 Å². The summed E-state index contributed by atoms with van der Waals surface area (Å²) in [5.41, 5.74) is -0.637. The van der Waals surface area contributed by atoms with E-state index in [1.165, 1.54) is 0 Å². The number of nitrogens with one attached hydrogen (secondary N) is 2. The second-order valence-electron chi connectivity index (χ2n) is 8.46. The minimum atomic E-state index is -0.994. The number of amides is 2. The summed E-state index contributed by atoms with van der Waals surface area (Å²) in [4.78, 5) is 35.6. The van der Waals surface area contributed by atoms with Gasteiger partial charge in [-0.3, -0.25) is 4.79 Å². The maximum atomic E-state index is 12.3. The van der Waals surface area contributed by atoms with Crippen molar-refractivity contribution >= 4 is 18.2 Å². The molecule has 1 aromatic rings. The Morgan fingerprint density at radius 3 is 2.28 bits per heavy atom. The van der Waals surface area contributed by atoms with Crippen molar-refractivity contribution in [1.29, 1.82) is 0 Å². The molecule has 3 N–H and O–H groups in total. The number of rotatable bonds is 6. The molecule has 1 saturated carbocycles. The molecule has 2 amide bonds. The molecule has 1 fully saturated rings. The van der Waals surface area contributed by atoms with Crippen LogP contribution in [0, 0.1) is 0 Å². The summed E-state index contributed by atoms with van der Waals surface area (Å²) >= 11 is 0. The van der Waals surface area contributed by atoms with Gasteiger partial charge in [0.1, 0.15) is 12.2 Å². The van der Waals surface area contributed by atoms with Gasteiger partial charge < -0.3 is 25.2 Å². The van der Waals surface area contributed by atoms with Crippen molar-refractivity contribution in [3.63, 3.8) is 0 Å². The van der Waals surface area contributed by atoms with Gasteiger partial charge in [0, 0.05) is 6.04 Å². The lowest BCUT2D eigenvalue weighted by Gasteiger charge is -2.39. The van der Waals surface area contributed by atoms with Gasteiger partial charge in [-0.05, 0) is 52.0 Å². The van der Waals surface area contributed by atoms with E-state index in [2.05, 4.69) is 10.6 Å². The number of alkyl carbamates (subject to hydrolysis) is 2. The van der Waals surface area contributed by atoms with E-state index >= 15 is 0 Å². The van der Waals surface area contributed by atoms with Crippen LogP contribution in [-0.2, 0) is 20.9 Å². The van der Waals surface area contributed by atoms with Crippen molar-refractivity contribution in [1.82, 2.24) is 10.6 Å². The smallest absolute Gasteiger partial charge is 0.407 e. The highest BCUT2D eigenvalue weighted by atomic mass is 16.6. The number of carbonyl (C=O) groups is 3. The topological polar surface area (TPSA) is 114 Å². The molecule has 0 heterocycles. The molecular weight excluding hydrogens is 376 g/mol. The predicted molar refractivity (Wildman–Crippen MR) is 106 cm³/mol. The normalized spacial score (nSPS) is 21.7. The van der Waals surface area contributed by atoms with Crippen molar-refractivity contribution in [3.8, 4) is 0 Å². The highest BCUT2D eigenvalue weighted by molar-refractivity contribution is 5.73. The van der Waals surface area contributed by atoms with Crippen LogP contribution in [0.25, 0.3) is 0 Å². The van der Waals surface area contributed by atoms with Gasteiger partial charge >= 0.3 is 18.2 Å². The molecule has 0 radical (unpaired) electrons. The maximum absolute atomic E-state index is 12.3. The van der Waals surface area contributed by atoms with Gasteiger partial charge in [-0.2, -0.15) is 0 Å². The van der Waals surface area contributed by atoms with Crippen LogP contribution in [0.4, 0.5) is 9.59 Å². The molecule has 2 rings (SSSR count). The number of benzene rings is 1. The molecular formula is C21H30N2O6. The Morgan fingerprint density at radius 2 is 1.72 bits per heavy atom. The van der Waals surface area contributed by atoms with Crippen LogP contribution in [0.2, 0.25) is 0 Å². The largest absolute Gasteiger partial charge is 0.481 e. The van der Waals surface area contributed by atoms with E-state index in [9.17, 15) is 19.5 Å². The van der Waals surface area contributed by atoms with E-state index < -0.39 is 29.3 Å². The quantitative estimate of drug-likeness (QED) is 0.665. The van der Waals surface area contributed by atoms with Crippen molar-refractivity contribution in [3.05, 3.63) is 35.9 Å². The van der Waals surface area contributed by atoms with Crippen LogP contribution in [0.5, 0.6) is 0 Å². The lowest BCUT2D eigenvalue weighted by Crippen LogP contribution is -2.54. The first-order chi connectivity index (χ1) is 13.6. The summed E-state index contributed by atoms with van der Waals surface area (Å²) in [6.45, 7) is 5.47. The third-order valence-corrected chi connectivity index (χ3v) is 4.73. The zero-order valence-electron chi connectivity index (χ0n) is 17.2. The van der Waals surface area contributed by atoms with Crippen LogP contribution in [0.15, 0.2) is 30.3 Å². The van der Waals surface area contributed by atoms with Crippen LogP contribution in [0.3, 0.4) is 0 Å². The maximum Gasteiger partial charge on any atom is 0.407 e. The van der Waals surface area contributed by atoms with Crippen molar-refractivity contribution < 1.29 is 29.0 Å². The molecule has 8 heteroatoms. The Bertz CT molecular complexity index is 706. The molecule has 0 aliphatic heterocycles. The van der Waals surface area contributed by atoms with Gasteiger partial charge in [0.25, 0.3) is 0 Å². The van der Waals surface area contributed by atoms with Gasteiger partial charge in [0.15, 0.2) is 0 Å². The number of carboxylic acids is 1. The lowest BCUT2D eigenvalue weighted by atomic mass is 9.77. The lowest BCUT2D eigenvalue weighted by molar-refractivity contribution is -0.139. The van der Waals surface area contributed by atoms with Crippen LogP contribution in [0.1, 0.15) is 58.4 Å². The summed E-state index contributed by atoms with van der Waals surface area (Å²) in [5, 5.41) is 14.9. The predicted octanol–water partition coefficient (Wildman–Crippen LogP) is 3.59. The Kier molecular flexibility index (Phi) is 7.47. The average molecular weight is 406 g/mol. The summed E-state index contributed by atoms with van der Waals surface area (Å²) in [6, 6.07) is 9.12. The van der Waals surface area contributed by atoms with E-state index in [-0.39, 0.29) is 19.1 Å². The molecule has 1 aromatic carbocycles. The van der Waals surface area contributed by atoms with Crippen molar-refractivity contribution in [2.45, 2.75) is 76.7 Å². The second kappa shape index (κ2) is 9.62. The fourth-order valence-corrected chi connectivity index (χ4v) is 3.40. The standard InChI is InChI=1S/C21H30N2O6/c1-20(2,3)29-18(26)22-16-9-11-21(12-10-16,13-17(24)25)23-19(27)28-14-15-7-5-4-6-8-15/h4-8,16H,9-14H2,1-3H3,(H,22,26)(H,23,27)(H,24,25). The number of hydrogen-bond donors (Lipinski definition) is 3. The molecule has 160 valence electrons. The van der Waals surface area contributed by atoms with E-state index in [0.717, 1.165) is 5.56 Å². The molecule has 0 bridgehead atoms. The summed E-state index contributed by atoms with van der Waals surface area (Å²) < 4.78 is 10.5. The Hall–Kier alpha value is -2.77. The zero-order valence-corrected chi connectivity index (χ0v) is 17.2. The molecule has 29 heavy (non-hydrogen) atoms. The average Bonchev–Trinajstić information content (AvgIpc) is 2.61. The Morgan fingerprint density at radius 1 is 1.10 bits per heavy atom. The zero-order chi connectivity index (χ0) is 21.5. The number of hydrogen-bond acceptors (Lipinski definition) is 5. The van der Waals surface area contributed by atoms with Crippen LogP contribution in [-0.4, -0.2) is 40.4 Å². The first-order valence-electron chi connectivity index (χ1n) is 9.77. The molecule has 1 aliphatic carbocycles. The minimum Gasteiger partial charge on any atom is -0.481 e. The van der Waals surface area contributed by atoms with E-state index in [4.69, 9.17) is 9.47 Å². The van der Waals surface area contributed by atoms with Gasteiger partial charge in [-0.15, -0.1) is 0 Å². The molecule has 0 aromatic heterocycles. The van der Waals surface area contributed by atoms with E-state index in [1.54, 1.807) is 20.8 Å². The molecule has 1 aliphatic rings. The van der Waals surface area contributed by atoms with E-state index in [1.807, 2.05) is 30.3 Å². The van der Waals surface area contributed by atoms with Crippen LogP contribution < -0.4 is 10.6 Å². The highest BCUT2D eigenvalue weighted by Gasteiger charge is 2.39. The third-order valence-electron chi connectivity index (χ3n) is 4.73. The SMILES string of the molecule is CC(C)(C)OC(=O)NC1CCC(CC(=O)O)(NC(=O)OCc2ccccc2)CC1. The van der Waals surface area contributed by atoms with Gasteiger partial charge in [0.2, 0.25) is 0 Å². The third kappa shape index (κ3) is 8.01. The fraction of sp³-hybridized carbons (Fsp3) is 0.571. The number of ether oxygens (including phenoxy) is 2. The molecule has 8 nitrogen and oxygen atoms in total. The van der Waals surface area contributed by atoms with Crippen molar-refractivity contribution in [2.75, 3.05) is 0 Å². The summed E-state index contributed by atoms with van der Waals surface area (Å²) in [6.07, 6.45) is 0.557. The van der Waals surface area contributed by atoms with Gasteiger partial charge in [-0.1, -0.05) is 30.3 Å². The number of carboxylic acid groups (broad SMARTS) is 1. The first kappa shape index (κ1) is 22.5. The second-order valence-corrected chi connectivity index (χ2v) is 8.46. The molecule has 0 atom stereocenters. The minimum absolute atomic E-state index is 0.110. The number of aliphatic carboxylic acids is 1. The Balaban J connectivity index is 1.89. The highest BCUT2D eigenvalue weighted by Crippen LogP contribution is 2.32. The molecule has 0 spiro atoms. The Labute approximate surface area is 171 Å². The van der Waals surface area contributed by atoms with Gasteiger partial charge in [-0.25, -0.2) is 9.59 Å². The monoisotopic (exact) mass is 406 g/mol. The number of carbonyl (C=O) groups excluding carboxylic acids is 2. The summed E-state index contributed by atoms with van der Waals surface area (Å²) in [7, 11) is 0. The van der Waals surface area contributed by atoms with Crippen LogP contribution >= 0.6 is 0 Å². The van der Waals surface area contributed by atoms with E-state index in [0.29, 0.717) is 25.7 Å². The van der Waals surface area contributed by atoms with Crippen molar-refractivity contribution in [2.24, 2.45) is 0 Å². The first-order valence-corrected chi connectivity index (χ1v) is 9.77.